The molecule has 1 aromatic carbocycles. The Balaban J connectivity index is 2.81. The number of hydrogen-bond acceptors (Lipinski definition) is 2. The van der Waals surface area contributed by atoms with Crippen LogP contribution in [0.1, 0.15) is 31.9 Å². The highest BCUT2D eigenvalue weighted by atomic mass is 16.5. The molecule has 0 saturated heterocycles. The first kappa shape index (κ1) is 11.8. The molecular weight excluding hydrogens is 186 g/mol. The molecule has 0 amide bonds. The van der Waals surface area contributed by atoms with Gasteiger partial charge in [0, 0.05) is 11.6 Å². The van der Waals surface area contributed by atoms with Crippen molar-refractivity contribution in [3.63, 3.8) is 0 Å². The number of para-hydroxylation sites is 1. The number of hydrogen-bond donors (Lipinski definition) is 1. The summed E-state index contributed by atoms with van der Waals surface area (Å²) in [6.45, 7) is 8.37. The van der Waals surface area contributed by atoms with Gasteiger partial charge in [0.15, 0.2) is 0 Å². The third-order valence-electron chi connectivity index (χ3n) is 2.23. The summed E-state index contributed by atoms with van der Waals surface area (Å²) in [7, 11) is 0. The Hall–Kier alpha value is -1.28. The Morgan fingerprint density at radius 2 is 2.13 bits per heavy atom. The van der Waals surface area contributed by atoms with E-state index in [1.54, 1.807) is 0 Å². The molecule has 0 spiro atoms. The van der Waals surface area contributed by atoms with E-state index in [0.29, 0.717) is 6.61 Å². The Morgan fingerprint density at radius 1 is 1.47 bits per heavy atom. The zero-order valence-electron chi connectivity index (χ0n) is 9.49. The Labute approximate surface area is 91.7 Å². The van der Waals surface area contributed by atoms with Crippen LogP contribution in [0, 0.1) is 0 Å². The van der Waals surface area contributed by atoms with Gasteiger partial charge >= 0.3 is 0 Å². The lowest BCUT2D eigenvalue weighted by Crippen LogP contribution is -2.11. The summed E-state index contributed by atoms with van der Waals surface area (Å²) in [4.78, 5) is 0. The molecule has 0 aliphatic rings. The van der Waals surface area contributed by atoms with Crippen molar-refractivity contribution >= 4 is 0 Å². The Bertz CT molecular complexity index is 333. The summed E-state index contributed by atoms with van der Waals surface area (Å²) >= 11 is 0. The van der Waals surface area contributed by atoms with E-state index in [4.69, 9.17) is 10.5 Å². The number of nitrogens with two attached hydrogens (primary N) is 1. The van der Waals surface area contributed by atoms with Gasteiger partial charge in [0.1, 0.15) is 12.4 Å². The average Bonchev–Trinajstić information content (AvgIpc) is 2.25. The molecular formula is C13H19NO. The maximum absolute atomic E-state index is 6.00. The first-order valence-electron chi connectivity index (χ1n) is 5.26. The molecule has 0 aromatic heterocycles. The topological polar surface area (TPSA) is 35.2 Å². The standard InChI is InChI=1S/C13H19NO/c1-4-12(14)11-7-5-6-8-13(11)15-9-10(2)3/h5-8,12H,2,4,9,14H2,1,3H3. The van der Waals surface area contributed by atoms with E-state index in [1.807, 2.05) is 31.2 Å². The molecule has 2 heteroatoms. The van der Waals surface area contributed by atoms with Crippen LogP contribution in [0.2, 0.25) is 0 Å². The minimum absolute atomic E-state index is 0.0475. The summed E-state index contributed by atoms with van der Waals surface area (Å²) in [6, 6.07) is 7.96. The SMILES string of the molecule is C=C(C)COc1ccccc1C(N)CC. The monoisotopic (exact) mass is 205 g/mol. The molecule has 0 saturated carbocycles. The molecule has 1 atom stereocenters. The van der Waals surface area contributed by atoms with Crippen molar-refractivity contribution in [3.05, 3.63) is 42.0 Å². The normalized spacial score (nSPS) is 12.2. The molecule has 1 unspecified atom stereocenters. The minimum atomic E-state index is 0.0475. The van der Waals surface area contributed by atoms with E-state index in [0.717, 1.165) is 23.3 Å². The average molecular weight is 205 g/mol. The maximum atomic E-state index is 6.00. The van der Waals surface area contributed by atoms with E-state index < -0.39 is 0 Å². The fourth-order valence-electron chi connectivity index (χ4n) is 1.34. The van der Waals surface area contributed by atoms with Gasteiger partial charge in [-0.15, -0.1) is 0 Å². The van der Waals surface area contributed by atoms with Gasteiger partial charge in [-0.3, -0.25) is 0 Å². The van der Waals surface area contributed by atoms with E-state index in [-0.39, 0.29) is 6.04 Å². The lowest BCUT2D eigenvalue weighted by Gasteiger charge is -2.15. The molecule has 0 aliphatic heterocycles. The van der Waals surface area contributed by atoms with Crippen LogP contribution in [-0.4, -0.2) is 6.61 Å². The first-order valence-corrected chi connectivity index (χ1v) is 5.26. The number of rotatable bonds is 5. The Kier molecular flexibility index (Phi) is 4.37. The lowest BCUT2D eigenvalue weighted by molar-refractivity contribution is 0.346. The predicted molar refractivity (Wildman–Crippen MR) is 64.0 cm³/mol. The largest absolute Gasteiger partial charge is 0.489 e. The molecule has 0 fully saturated rings. The van der Waals surface area contributed by atoms with Crippen LogP contribution in [0.3, 0.4) is 0 Å². The highest BCUT2D eigenvalue weighted by molar-refractivity contribution is 5.35. The van der Waals surface area contributed by atoms with E-state index >= 15 is 0 Å². The van der Waals surface area contributed by atoms with Crippen molar-refractivity contribution in [3.8, 4) is 5.75 Å². The minimum Gasteiger partial charge on any atom is -0.489 e. The van der Waals surface area contributed by atoms with Crippen LogP contribution in [0.25, 0.3) is 0 Å². The highest BCUT2D eigenvalue weighted by Gasteiger charge is 2.09. The number of benzene rings is 1. The van der Waals surface area contributed by atoms with Gasteiger partial charge in [-0.25, -0.2) is 0 Å². The molecule has 1 aromatic rings. The molecule has 0 heterocycles. The highest BCUT2D eigenvalue weighted by Crippen LogP contribution is 2.25. The second-order valence-corrected chi connectivity index (χ2v) is 3.80. The summed E-state index contributed by atoms with van der Waals surface area (Å²) in [6.07, 6.45) is 0.910. The summed E-state index contributed by atoms with van der Waals surface area (Å²) in [5.41, 5.74) is 8.08. The van der Waals surface area contributed by atoms with Crippen molar-refractivity contribution in [2.75, 3.05) is 6.61 Å². The fourth-order valence-corrected chi connectivity index (χ4v) is 1.34. The maximum Gasteiger partial charge on any atom is 0.124 e. The molecule has 2 nitrogen and oxygen atoms in total. The van der Waals surface area contributed by atoms with Crippen molar-refractivity contribution in [1.29, 1.82) is 0 Å². The number of ether oxygens (including phenoxy) is 1. The third kappa shape index (κ3) is 3.40. The van der Waals surface area contributed by atoms with Crippen LogP contribution in [0.5, 0.6) is 5.75 Å². The van der Waals surface area contributed by atoms with Gasteiger partial charge < -0.3 is 10.5 Å². The predicted octanol–water partition coefficient (Wildman–Crippen LogP) is 3.05. The summed E-state index contributed by atoms with van der Waals surface area (Å²) in [5, 5.41) is 0. The van der Waals surface area contributed by atoms with E-state index in [1.165, 1.54) is 0 Å². The zero-order chi connectivity index (χ0) is 11.3. The van der Waals surface area contributed by atoms with E-state index in [2.05, 4.69) is 13.5 Å². The summed E-state index contributed by atoms with van der Waals surface area (Å²) in [5.74, 6) is 0.870. The van der Waals surface area contributed by atoms with Gasteiger partial charge in [0.25, 0.3) is 0 Å². The van der Waals surface area contributed by atoms with E-state index in [9.17, 15) is 0 Å². The van der Waals surface area contributed by atoms with Crippen molar-refractivity contribution in [2.45, 2.75) is 26.3 Å². The van der Waals surface area contributed by atoms with Crippen LogP contribution in [-0.2, 0) is 0 Å². The molecule has 0 aliphatic carbocycles. The third-order valence-corrected chi connectivity index (χ3v) is 2.23. The van der Waals surface area contributed by atoms with Crippen LogP contribution < -0.4 is 10.5 Å². The molecule has 1 rings (SSSR count). The van der Waals surface area contributed by atoms with Crippen molar-refractivity contribution in [1.82, 2.24) is 0 Å². The van der Waals surface area contributed by atoms with Crippen LogP contribution in [0.4, 0.5) is 0 Å². The van der Waals surface area contributed by atoms with Gasteiger partial charge in [-0.2, -0.15) is 0 Å². The molecule has 82 valence electrons. The molecule has 2 N–H and O–H groups in total. The molecule has 0 bridgehead atoms. The zero-order valence-corrected chi connectivity index (χ0v) is 9.49. The second-order valence-electron chi connectivity index (χ2n) is 3.80. The van der Waals surface area contributed by atoms with Gasteiger partial charge in [-0.1, -0.05) is 31.7 Å². The summed E-state index contributed by atoms with van der Waals surface area (Å²) < 4.78 is 5.64. The molecule has 0 radical (unpaired) electrons. The smallest absolute Gasteiger partial charge is 0.124 e. The van der Waals surface area contributed by atoms with Crippen molar-refractivity contribution in [2.24, 2.45) is 5.73 Å². The van der Waals surface area contributed by atoms with Gasteiger partial charge in [0.2, 0.25) is 0 Å². The lowest BCUT2D eigenvalue weighted by atomic mass is 10.0. The van der Waals surface area contributed by atoms with Gasteiger partial charge in [-0.05, 0) is 25.0 Å². The quantitative estimate of drug-likeness (QED) is 0.750. The van der Waals surface area contributed by atoms with Gasteiger partial charge in [0.05, 0.1) is 0 Å². The van der Waals surface area contributed by atoms with Crippen LogP contribution in [0.15, 0.2) is 36.4 Å². The molecule has 15 heavy (non-hydrogen) atoms. The Morgan fingerprint density at radius 3 is 2.73 bits per heavy atom. The van der Waals surface area contributed by atoms with Crippen LogP contribution >= 0.6 is 0 Å². The fraction of sp³-hybridized carbons (Fsp3) is 0.385. The second kappa shape index (κ2) is 5.56. The van der Waals surface area contributed by atoms with Crippen molar-refractivity contribution < 1.29 is 4.74 Å². The first-order chi connectivity index (χ1) is 7.15.